The van der Waals surface area contributed by atoms with Crippen LogP contribution in [0.3, 0.4) is 0 Å². The van der Waals surface area contributed by atoms with Crippen molar-refractivity contribution in [1.82, 2.24) is 9.88 Å². The van der Waals surface area contributed by atoms with Crippen LogP contribution in [0.15, 0.2) is 36.5 Å². The fourth-order valence-electron chi connectivity index (χ4n) is 2.07. The van der Waals surface area contributed by atoms with Crippen molar-refractivity contribution in [3.8, 4) is 12.3 Å². The van der Waals surface area contributed by atoms with Crippen LogP contribution in [0.25, 0.3) is 10.8 Å². The molecule has 0 N–H and O–H groups in total. The Morgan fingerprint density at radius 1 is 1.37 bits per heavy atom. The Kier molecular flexibility index (Phi) is 4.15. The Bertz CT molecular complexity index is 623. The molecule has 19 heavy (non-hydrogen) atoms. The molecule has 3 heteroatoms. The molecule has 0 saturated carbocycles. The predicted molar refractivity (Wildman–Crippen MR) is 76.8 cm³/mol. The van der Waals surface area contributed by atoms with Gasteiger partial charge in [0.05, 0.1) is 6.54 Å². The highest BCUT2D eigenvalue weighted by Crippen LogP contribution is 2.17. The van der Waals surface area contributed by atoms with Crippen molar-refractivity contribution in [2.75, 3.05) is 13.1 Å². The molecule has 0 radical (unpaired) electrons. The van der Waals surface area contributed by atoms with Crippen LogP contribution < -0.4 is 0 Å². The maximum Gasteiger partial charge on any atom is 0.273 e. The van der Waals surface area contributed by atoms with E-state index in [2.05, 4.69) is 10.9 Å². The lowest BCUT2D eigenvalue weighted by molar-refractivity contribution is 0.0773. The average molecular weight is 252 g/mol. The molecule has 0 saturated heterocycles. The van der Waals surface area contributed by atoms with E-state index in [4.69, 9.17) is 6.42 Å². The second-order valence-corrected chi connectivity index (χ2v) is 4.31. The summed E-state index contributed by atoms with van der Waals surface area (Å²) in [5.74, 6) is 2.43. The number of carbonyl (C=O) groups is 1. The average Bonchev–Trinajstić information content (AvgIpc) is 2.46. The van der Waals surface area contributed by atoms with Crippen LogP contribution in [0.2, 0.25) is 0 Å². The predicted octanol–water partition coefficient (Wildman–Crippen LogP) is 2.72. The van der Waals surface area contributed by atoms with E-state index in [9.17, 15) is 4.79 Å². The van der Waals surface area contributed by atoms with Gasteiger partial charge >= 0.3 is 0 Å². The second kappa shape index (κ2) is 6.01. The smallest absolute Gasteiger partial charge is 0.273 e. The molecule has 1 amide bonds. The minimum absolute atomic E-state index is 0.100. The third kappa shape index (κ3) is 2.74. The van der Waals surface area contributed by atoms with Gasteiger partial charge < -0.3 is 4.90 Å². The number of nitrogens with zero attached hydrogens (tertiary/aromatic N) is 2. The summed E-state index contributed by atoms with van der Waals surface area (Å²) in [6.45, 7) is 2.98. The van der Waals surface area contributed by atoms with Gasteiger partial charge in [0.15, 0.2) is 0 Å². The lowest BCUT2D eigenvalue weighted by Gasteiger charge is -2.19. The number of pyridine rings is 1. The van der Waals surface area contributed by atoms with Gasteiger partial charge in [-0.2, -0.15) is 0 Å². The first-order chi connectivity index (χ1) is 9.27. The summed E-state index contributed by atoms with van der Waals surface area (Å²) in [5.41, 5.74) is 0.474. The molecule has 0 aliphatic carbocycles. The van der Waals surface area contributed by atoms with E-state index in [1.807, 2.05) is 37.3 Å². The summed E-state index contributed by atoms with van der Waals surface area (Å²) >= 11 is 0. The van der Waals surface area contributed by atoms with Gasteiger partial charge in [-0.1, -0.05) is 37.1 Å². The fourth-order valence-corrected chi connectivity index (χ4v) is 2.07. The highest BCUT2D eigenvalue weighted by Gasteiger charge is 2.17. The number of rotatable bonds is 4. The molecule has 0 fully saturated rings. The first-order valence-corrected chi connectivity index (χ1v) is 6.34. The third-order valence-corrected chi connectivity index (χ3v) is 2.94. The Hall–Kier alpha value is -2.34. The first kappa shape index (κ1) is 13.1. The second-order valence-electron chi connectivity index (χ2n) is 4.31. The summed E-state index contributed by atoms with van der Waals surface area (Å²) in [5, 5.41) is 1.88. The van der Waals surface area contributed by atoms with E-state index in [1.54, 1.807) is 11.1 Å². The van der Waals surface area contributed by atoms with Crippen LogP contribution in [0, 0.1) is 12.3 Å². The van der Waals surface area contributed by atoms with Crippen LogP contribution in [-0.2, 0) is 0 Å². The van der Waals surface area contributed by atoms with E-state index < -0.39 is 0 Å². The molecule has 0 aliphatic rings. The van der Waals surface area contributed by atoms with E-state index in [-0.39, 0.29) is 5.91 Å². The molecule has 0 bridgehead atoms. The largest absolute Gasteiger partial charge is 0.326 e. The number of benzene rings is 1. The summed E-state index contributed by atoms with van der Waals surface area (Å²) in [6, 6.07) is 9.64. The molecule has 2 aromatic rings. The molecule has 0 atom stereocenters. The number of carbonyl (C=O) groups excluding carboxylic acids is 1. The normalized spacial score (nSPS) is 10.1. The van der Waals surface area contributed by atoms with Gasteiger partial charge in [-0.15, -0.1) is 6.42 Å². The van der Waals surface area contributed by atoms with Gasteiger partial charge in [0, 0.05) is 18.1 Å². The molecule has 1 heterocycles. The van der Waals surface area contributed by atoms with Crippen molar-refractivity contribution < 1.29 is 4.79 Å². The van der Waals surface area contributed by atoms with Crippen LogP contribution >= 0.6 is 0 Å². The van der Waals surface area contributed by atoms with Crippen molar-refractivity contribution in [1.29, 1.82) is 0 Å². The maximum atomic E-state index is 12.5. The number of terminal acetylenes is 1. The molecule has 3 nitrogen and oxygen atoms in total. The Labute approximate surface area is 113 Å². The Morgan fingerprint density at radius 3 is 2.89 bits per heavy atom. The molecule has 2 rings (SSSR count). The number of fused-ring (bicyclic) bond motifs is 1. The number of hydrogen-bond acceptors (Lipinski definition) is 2. The Balaban J connectivity index is 2.43. The van der Waals surface area contributed by atoms with Crippen molar-refractivity contribution >= 4 is 16.7 Å². The fraction of sp³-hybridized carbons (Fsp3) is 0.250. The molecule has 0 unspecified atom stereocenters. The zero-order valence-corrected chi connectivity index (χ0v) is 11.0. The zero-order valence-electron chi connectivity index (χ0n) is 11.0. The topological polar surface area (TPSA) is 33.2 Å². The quantitative estimate of drug-likeness (QED) is 0.784. The highest BCUT2D eigenvalue weighted by molar-refractivity contribution is 6.05. The molecule has 1 aromatic carbocycles. The SMILES string of the molecule is C#CCN(CCC)C(=O)c1nccc2ccccc12. The highest BCUT2D eigenvalue weighted by atomic mass is 16.2. The first-order valence-electron chi connectivity index (χ1n) is 6.34. The van der Waals surface area contributed by atoms with Gasteiger partial charge in [0.1, 0.15) is 5.69 Å². The third-order valence-electron chi connectivity index (χ3n) is 2.94. The number of hydrogen-bond donors (Lipinski definition) is 0. The van der Waals surface area contributed by atoms with Gasteiger partial charge in [-0.3, -0.25) is 9.78 Å². The van der Waals surface area contributed by atoms with Crippen LogP contribution in [-0.4, -0.2) is 28.9 Å². The van der Waals surface area contributed by atoms with Crippen LogP contribution in [0.4, 0.5) is 0 Å². The van der Waals surface area contributed by atoms with Crippen molar-refractivity contribution in [3.05, 3.63) is 42.2 Å². The van der Waals surface area contributed by atoms with Crippen LogP contribution in [0.5, 0.6) is 0 Å². The van der Waals surface area contributed by atoms with Gasteiger partial charge in [-0.25, -0.2) is 0 Å². The van der Waals surface area contributed by atoms with E-state index in [0.29, 0.717) is 18.8 Å². The van der Waals surface area contributed by atoms with Gasteiger partial charge in [0.2, 0.25) is 0 Å². The molecule has 0 spiro atoms. The summed E-state index contributed by atoms with van der Waals surface area (Å²) in [4.78, 5) is 18.4. The summed E-state index contributed by atoms with van der Waals surface area (Å²) < 4.78 is 0. The lowest BCUT2D eigenvalue weighted by atomic mass is 10.1. The van der Waals surface area contributed by atoms with E-state index >= 15 is 0 Å². The number of amides is 1. The van der Waals surface area contributed by atoms with E-state index in [0.717, 1.165) is 17.2 Å². The van der Waals surface area contributed by atoms with Crippen LogP contribution in [0.1, 0.15) is 23.8 Å². The van der Waals surface area contributed by atoms with E-state index in [1.165, 1.54) is 0 Å². The van der Waals surface area contributed by atoms with Crippen molar-refractivity contribution in [2.24, 2.45) is 0 Å². The molecule has 1 aromatic heterocycles. The Morgan fingerprint density at radius 2 is 2.16 bits per heavy atom. The maximum absolute atomic E-state index is 12.5. The van der Waals surface area contributed by atoms with Gasteiger partial charge in [0.25, 0.3) is 5.91 Å². The minimum atomic E-state index is -0.100. The summed E-state index contributed by atoms with van der Waals surface area (Å²) in [6.07, 6.45) is 7.86. The molecule has 0 aliphatic heterocycles. The standard InChI is InChI=1S/C16H16N2O/c1-3-11-18(12-4-2)16(19)15-14-8-6-5-7-13(14)9-10-17-15/h1,5-10H,4,11-12H2,2H3. The zero-order chi connectivity index (χ0) is 13.7. The molecule has 96 valence electrons. The lowest BCUT2D eigenvalue weighted by Crippen LogP contribution is -2.32. The van der Waals surface area contributed by atoms with Gasteiger partial charge in [-0.05, 0) is 17.9 Å². The van der Waals surface area contributed by atoms with Crippen molar-refractivity contribution in [3.63, 3.8) is 0 Å². The van der Waals surface area contributed by atoms with Crippen molar-refractivity contribution in [2.45, 2.75) is 13.3 Å². The summed E-state index contributed by atoms with van der Waals surface area (Å²) in [7, 11) is 0. The molecular formula is C16H16N2O. The monoisotopic (exact) mass is 252 g/mol. The number of aromatic nitrogens is 1. The molecular weight excluding hydrogens is 236 g/mol. The minimum Gasteiger partial charge on any atom is -0.326 e.